The van der Waals surface area contributed by atoms with Gasteiger partial charge in [-0.3, -0.25) is 9.59 Å². The fourth-order valence-corrected chi connectivity index (χ4v) is 2.60. The summed E-state index contributed by atoms with van der Waals surface area (Å²) in [6.45, 7) is 3.99. The molecule has 4 nitrogen and oxygen atoms in total. The van der Waals surface area contributed by atoms with Gasteiger partial charge in [-0.05, 0) is 24.3 Å². The summed E-state index contributed by atoms with van der Waals surface area (Å²) in [5.74, 6) is -0.294. The number of benzene rings is 1. The van der Waals surface area contributed by atoms with Gasteiger partial charge in [0.15, 0.2) is 0 Å². The van der Waals surface area contributed by atoms with Gasteiger partial charge < -0.3 is 9.80 Å². The predicted molar refractivity (Wildman–Crippen MR) is 77.9 cm³/mol. The number of carbonyl (C=O) groups is 2. The summed E-state index contributed by atoms with van der Waals surface area (Å²) in [4.78, 5) is 27.6. The van der Waals surface area contributed by atoms with Crippen molar-refractivity contribution in [1.82, 2.24) is 9.80 Å². The fraction of sp³-hybridized carbons (Fsp3) is 0.500. The highest BCUT2D eigenvalue weighted by Crippen LogP contribution is 2.16. The Labute approximate surface area is 120 Å². The lowest BCUT2D eigenvalue weighted by atomic mass is 10.0. The molecule has 1 aromatic carbocycles. The molecule has 0 radical (unpaired) electrons. The van der Waals surface area contributed by atoms with E-state index in [0.29, 0.717) is 25.6 Å². The molecule has 1 unspecified atom stereocenters. The first-order chi connectivity index (χ1) is 9.58. The molecule has 2 rings (SSSR count). The van der Waals surface area contributed by atoms with Crippen molar-refractivity contribution in [3.8, 4) is 0 Å². The Balaban J connectivity index is 1.94. The van der Waals surface area contributed by atoms with E-state index >= 15 is 0 Å². The molecule has 0 aromatic heterocycles. The summed E-state index contributed by atoms with van der Waals surface area (Å²) >= 11 is 0. The molecule has 1 aliphatic rings. The normalized spacial score (nSPS) is 18.7. The van der Waals surface area contributed by atoms with Crippen molar-refractivity contribution in [2.24, 2.45) is 5.92 Å². The van der Waals surface area contributed by atoms with Gasteiger partial charge in [0.2, 0.25) is 0 Å². The summed E-state index contributed by atoms with van der Waals surface area (Å²) < 4.78 is 0. The number of likely N-dealkylation sites (tertiary alicyclic amines) is 1. The van der Waals surface area contributed by atoms with Crippen LogP contribution in [-0.4, -0.2) is 41.8 Å². The average molecular weight is 274 g/mol. The van der Waals surface area contributed by atoms with E-state index < -0.39 is 5.91 Å². The van der Waals surface area contributed by atoms with Crippen LogP contribution in [0.3, 0.4) is 0 Å². The van der Waals surface area contributed by atoms with Gasteiger partial charge in [-0.2, -0.15) is 0 Å². The van der Waals surface area contributed by atoms with Gasteiger partial charge in [0.1, 0.15) is 0 Å². The van der Waals surface area contributed by atoms with Crippen LogP contribution in [0.4, 0.5) is 0 Å². The van der Waals surface area contributed by atoms with Crippen molar-refractivity contribution < 1.29 is 9.59 Å². The van der Waals surface area contributed by atoms with Gasteiger partial charge in [-0.25, -0.2) is 0 Å². The van der Waals surface area contributed by atoms with Crippen LogP contribution in [0.5, 0.6) is 0 Å². The lowest BCUT2D eigenvalue weighted by molar-refractivity contribution is -0.152. The second kappa shape index (κ2) is 6.55. The first-order valence-corrected chi connectivity index (χ1v) is 7.16. The smallest absolute Gasteiger partial charge is 0.312 e. The molecule has 2 amide bonds. The Morgan fingerprint density at radius 3 is 2.65 bits per heavy atom. The van der Waals surface area contributed by atoms with Gasteiger partial charge in [-0.15, -0.1) is 0 Å². The first kappa shape index (κ1) is 14.6. The quantitative estimate of drug-likeness (QED) is 0.773. The summed E-state index contributed by atoms with van der Waals surface area (Å²) in [6.07, 6.45) is 2.13. The second-order valence-electron chi connectivity index (χ2n) is 5.65. The van der Waals surface area contributed by atoms with E-state index in [1.54, 1.807) is 11.9 Å². The van der Waals surface area contributed by atoms with E-state index in [1.165, 1.54) is 4.90 Å². The highest BCUT2D eigenvalue weighted by atomic mass is 16.2. The van der Waals surface area contributed by atoms with E-state index in [4.69, 9.17) is 0 Å². The van der Waals surface area contributed by atoms with Crippen LogP contribution in [0.2, 0.25) is 0 Å². The van der Waals surface area contributed by atoms with Crippen LogP contribution in [0.25, 0.3) is 0 Å². The molecule has 1 heterocycles. The lowest BCUT2D eigenvalue weighted by Crippen LogP contribution is -2.47. The highest BCUT2D eigenvalue weighted by Gasteiger charge is 2.28. The Hall–Kier alpha value is -1.84. The molecular formula is C16H22N2O2. The van der Waals surface area contributed by atoms with Gasteiger partial charge in [-0.1, -0.05) is 37.3 Å². The summed E-state index contributed by atoms with van der Waals surface area (Å²) in [5, 5.41) is 0. The van der Waals surface area contributed by atoms with Gasteiger partial charge in [0.05, 0.1) is 0 Å². The lowest BCUT2D eigenvalue weighted by Gasteiger charge is -2.31. The number of likely N-dealkylation sites (N-methyl/N-ethyl adjacent to an activating group) is 1. The number of hydrogen-bond acceptors (Lipinski definition) is 2. The zero-order chi connectivity index (χ0) is 14.5. The summed E-state index contributed by atoms with van der Waals surface area (Å²) in [6, 6.07) is 9.71. The number of carbonyl (C=O) groups excluding carboxylic acids is 2. The van der Waals surface area contributed by atoms with E-state index in [0.717, 1.165) is 18.4 Å². The molecule has 0 bridgehead atoms. The predicted octanol–water partition coefficient (Wildman–Crippen LogP) is 1.90. The SMILES string of the molecule is CC1CCCN(C(=O)C(=O)N(C)Cc2ccccc2)C1. The molecule has 4 heteroatoms. The summed E-state index contributed by atoms with van der Waals surface area (Å²) in [5.41, 5.74) is 1.03. The monoisotopic (exact) mass is 274 g/mol. The molecule has 1 atom stereocenters. The maximum atomic E-state index is 12.2. The molecule has 1 saturated heterocycles. The van der Waals surface area contributed by atoms with Crippen molar-refractivity contribution in [2.75, 3.05) is 20.1 Å². The van der Waals surface area contributed by atoms with E-state index in [2.05, 4.69) is 6.92 Å². The van der Waals surface area contributed by atoms with Crippen LogP contribution in [0.1, 0.15) is 25.3 Å². The number of amides is 2. The van der Waals surface area contributed by atoms with Gasteiger partial charge in [0.25, 0.3) is 0 Å². The van der Waals surface area contributed by atoms with Crippen molar-refractivity contribution in [2.45, 2.75) is 26.3 Å². The minimum atomic E-state index is -0.414. The van der Waals surface area contributed by atoms with Crippen molar-refractivity contribution in [3.63, 3.8) is 0 Å². The Morgan fingerprint density at radius 2 is 2.00 bits per heavy atom. The third-order valence-electron chi connectivity index (χ3n) is 3.74. The molecule has 0 spiro atoms. The molecule has 0 N–H and O–H groups in total. The average Bonchev–Trinajstić information content (AvgIpc) is 2.46. The molecular weight excluding hydrogens is 252 g/mol. The molecule has 1 fully saturated rings. The van der Waals surface area contributed by atoms with Crippen LogP contribution >= 0.6 is 0 Å². The number of hydrogen-bond donors (Lipinski definition) is 0. The molecule has 0 saturated carbocycles. The second-order valence-corrected chi connectivity index (χ2v) is 5.65. The first-order valence-electron chi connectivity index (χ1n) is 7.16. The zero-order valence-electron chi connectivity index (χ0n) is 12.2. The van der Waals surface area contributed by atoms with E-state index in [-0.39, 0.29) is 5.91 Å². The van der Waals surface area contributed by atoms with Crippen molar-refractivity contribution >= 4 is 11.8 Å². The number of nitrogens with zero attached hydrogens (tertiary/aromatic N) is 2. The molecule has 108 valence electrons. The third kappa shape index (κ3) is 3.59. The molecule has 1 aliphatic heterocycles. The summed E-state index contributed by atoms with van der Waals surface area (Å²) in [7, 11) is 1.68. The van der Waals surface area contributed by atoms with Gasteiger partial charge in [0, 0.05) is 26.7 Å². The standard InChI is InChI=1S/C16H22N2O2/c1-13-7-6-10-18(11-13)16(20)15(19)17(2)12-14-8-4-3-5-9-14/h3-5,8-9,13H,6-7,10-12H2,1-2H3. The Bertz CT molecular complexity index is 473. The topological polar surface area (TPSA) is 40.6 Å². The van der Waals surface area contributed by atoms with Crippen molar-refractivity contribution in [3.05, 3.63) is 35.9 Å². The van der Waals surface area contributed by atoms with Crippen molar-refractivity contribution in [1.29, 1.82) is 0 Å². The Morgan fingerprint density at radius 1 is 1.30 bits per heavy atom. The van der Waals surface area contributed by atoms with Gasteiger partial charge >= 0.3 is 11.8 Å². The van der Waals surface area contributed by atoms with E-state index in [9.17, 15) is 9.59 Å². The minimum absolute atomic E-state index is 0.366. The van der Waals surface area contributed by atoms with Crippen LogP contribution in [-0.2, 0) is 16.1 Å². The zero-order valence-corrected chi connectivity index (χ0v) is 12.2. The Kier molecular flexibility index (Phi) is 4.77. The molecule has 0 aliphatic carbocycles. The van der Waals surface area contributed by atoms with Crippen LogP contribution < -0.4 is 0 Å². The number of rotatable bonds is 2. The van der Waals surface area contributed by atoms with Crippen LogP contribution in [0, 0.1) is 5.92 Å². The highest BCUT2D eigenvalue weighted by molar-refractivity contribution is 6.34. The molecule has 20 heavy (non-hydrogen) atoms. The fourth-order valence-electron chi connectivity index (χ4n) is 2.60. The maximum absolute atomic E-state index is 12.2. The molecule has 1 aromatic rings. The van der Waals surface area contributed by atoms with E-state index in [1.807, 2.05) is 30.3 Å². The third-order valence-corrected chi connectivity index (χ3v) is 3.74. The maximum Gasteiger partial charge on any atom is 0.312 e. The van der Waals surface area contributed by atoms with Crippen LogP contribution in [0.15, 0.2) is 30.3 Å². The largest absolute Gasteiger partial charge is 0.334 e. The number of piperidine rings is 1. The minimum Gasteiger partial charge on any atom is -0.334 e.